The summed E-state index contributed by atoms with van der Waals surface area (Å²) in [6.07, 6.45) is 7.38. The van der Waals surface area contributed by atoms with E-state index >= 15 is 0 Å². The molecule has 0 radical (unpaired) electrons. The van der Waals surface area contributed by atoms with Gasteiger partial charge in [-0.3, -0.25) is 4.68 Å². The summed E-state index contributed by atoms with van der Waals surface area (Å²) in [5.41, 5.74) is 0.240. The predicted octanol–water partition coefficient (Wildman–Crippen LogP) is 3.47. The maximum atomic E-state index is 9.94. The normalized spacial score (nSPS) is 29.3. The fourth-order valence-corrected chi connectivity index (χ4v) is 3.85. The lowest BCUT2D eigenvalue weighted by Gasteiger charge is -2.42. The monoisotopic (exact) mass is 336 g/mol. The summed E-state index contributed by atoms with van der Waals surface area (Å²) in [6, 6.07) is 12.8. The van der Waals surface area contributed by atoms with Crippen molar-refractivity contribution < 1.29 is 4.74 Å². The zero-order valence-electron chi connectivity index (χ0n) is 14.7. The van der Waals surface area contributed by atoms with Crippen molar-refractivity contribution >= 4 is 0 Å². The van der Waals surface area contributed by atoms with E-state index in [4.69, 9.17) is 4.74 Å². The van der Waals surface area contributed by atoms with Gasteiger partial charge in [0.2, 0.25) is 0 Å². The molecule has 1 aromatic heterocycles. The average Bonchev–Trinajstić information content (AvgIpc) is 3.40. The van der Waals surface area contributed by atoms with Gasteiger partial charge in [0.25, 0.3) is 0 Å². The van der Waals surface area contributed by atoms with E-state index in [1.54, 1.807) is 11.0 Å². The third-order valence-corrected chi connectivity index (χ3v) is 5.75. The molecule has 2 saturated carbocycles. The zero-order chi connectivity index (χ0) is 17.3. The van der Waals surface area contributed by atoms with Crippen molar-refractivity contribution in [2.75, 3.05) is 6.61 Å². The largest absolute Gasteiger partial charge is 0.367 e. The standard InChI is InChI=1S/C20H24N4O/c1-24-15-22-18(23-24)20(25-13-16-7-8-16)11-9-19(14-21,10-12-20)17-5-3-2-4-6-17/h2-6,15-16H,7-13H2,1H3. The summed E-state index contributed by atoms with van der Waals surface area (Å²) < 4.78 is 8.16. The Morgan fingerprint density at radius 2 is 1.92 bits per heavy atom. The minimum absolute atomic E-state index is 0.428. The van der Waals surface area contributed by atoms with Crippen molar-refractivity contribution in [2.45, 2.75) is 49.5 Å². The summed E-state index contributed by atoms with van der Waals surface area (Å²) in [7, 11) is 1.89. The van der Waals surface area contributed by atoms with E-state index in [1.807, 2.05) is 25.2 Å². The van der Waals surface area contributed by atoms with Crippen LogP contribution in [0.1, 0.15) is 49.9 Å². The van der Waals surface area contributed by atoms with Crippen molar-refractivity contribution in [3.05, 3.63) is 48.0 Å². The number of aryl methyl sites for hydroxylation is 1. The van der Waals surface area contributed by atoms with E-state index in [0.717, 1.165) is 43.7 Å². The second-order valence-corrected chi connectivity index (χ2v) is 7.55. The average molecular weight is 336 g/mol. The van der Waals surface area contributed by atoms with Crippen LogP contribution in [0.25, 0.3) is 0 Å². The lowest BCUT2D eigenvalue weighted by molar-refractivity contribution is -0.0939. The lowest BCUT2D eigenvalue weighted by atomic mass is 9.65. The molecule has 2 aromatic rings. The third kappa shape index (κ3) is 3.07. The topological polar surface area (TPSA) is 63.7 Å². The maximum Gasteiger partial charge on any atom is 0.182 e. The Morgan fingerprint density at radius 3 is 2.48 bits per heavy atom. The Hall–Kier alpha value is -2.19. The van der Waals surface area contributed by atoms with Crippen LogP contribution < -0.4 is 0 Å². The molecule has 0 aliphatic heterocycles. The molecule has 0 atom stereocenters. The SMILES string of the molecule is Cn1cnc(C2(OCC3CC3)CCC(C#N)(c3ccccc3)CC2)n1. The van der Waals surface area contributed by atoms with Gasteiger partial charge in [0.05, 0.1) is 18.1 Å². The van der Waals surface area contributed by atoms with E-state index in [9.17, 15) is 5.26 Å². The fourth-order valence-electron chi connectivity index (χ4n) is 3.85. The summed E-state index contributed by atoms with van der Waals surface area (Å²) in [6.45, 7) is 0.781. The summed E-state index contributed by atoms with van der Waals surface area (Å²) in [5, 5.41) is 14.5. The van der Waals surface area contributed by atoms with E-state index in [0.29, 0.717) is 5.92 Å². The first-order valence-corrected chi connectivity index (χ1v) is 9.13. The zero-order valence-corrected chi connectivity index (χ0v) is 14.7. The number of nitrogens with zero attached hydrogens (tertiary/aromatic N) is 4. The van der Waals surface area contributed by atoms with Gasteiger partial charge in [-0.25, -0.2) is 4.98 Å². The molecule has 130 valence electrons. The number of aromatic nitrogens is 3. The van der Waals surface area contributed by atoms with Crippen LogP contribution in [-0.4, -0.2) is 21.4 Å². The van der Waals surface area contributed by atoms with Gasteiger partial charge < -0.3 is 4.74 Å². The van der Waals surface area contributed by atoms with Gasteiger partial charge in [0.1, 0.15) is 11.9 Å². The first-order valence-electron chi connectivity index (χ1n) is 9.13. The van der Waals surface area contributed by atoms with Crippen LogP contribution in [0.2, 0.25) is 0 Å². The molecule has 0 saturated heterocycles. The molecule has 0 amide bonds. The highest BCUT2D eigenvalue weighted by atomic mass is 16.5. The molecule has 0 unspecified atom stereocenters. The molecule has 1 aromatic carbocycles. The first-order chi connectivity index (χ1) is 12.2. The molecule has 0 N–H and O–H groups in total. The minimum atomic E-state index is -0.445. The molecule has 1 heterocycles. The Bertz CT molecular complexity index is 764. The van der Waals surface area contributed by atoms with Crippen LogP contribution in [0, 0.1) is 17.2 Å². The minimum Gasteiger partial charge on any atom is -0.367 e. The number of hydrogen-bond donors (Lipinski definition) is 0. The Balaban J connectivity index is 1.59. The molecule has 4 rings (SSSR count). The van der Waals surface area contributed by atoms with E-state index in [1.165, 1.54) is 12.8 Å². The molecular weight excluding hydrogens is 312 g/mol. The third-order valence-electron chi connectivity index (χ3n) is 5.75. The Morgan fingerprint density at radius 1 is 1.20 bits per heavy atom. The van der Waals surface area contributed by atoms with Crippen molar-refractivity contribution in [1.82, 2.24) is 14.8 Å². The highest BCUT2D eigenvalue weighted by Gasteiger charge is 2.48. The second-order valence-electron chi connectivity index (χ2n) is 7.55. The predicted molar refractivity (Wildman–Crippen MR) is 93.6 cm³/mol. The van der Waals surface area contributed by atoms with Crippen LogP contribution in [-0.2, 0) is 22.8 Å². The van der Waals surface area contributed by atoms with Gasteiger partial charge in [-0.15, -0.1) is 0 Å². The molecular formula is C20H24N4O. The lowest BCUT2D eigenvalue weighted by Crippen LogP contribution is -2.42. The van der Waals surface area contributed by atoms with Crippen LogP contribution in [0.15, 0.2) is 36.7 Å². The smallest absolute Gasteiger partial charge is 0.182 e. The van der Waals surface area contributed by atoms with Crippen molar-refractivity contribution in [3.8, 4) is 6.07 Å². The molecule has 25 heavy (non-hydrogen) atoms. The van der Waals surface area contributed by atoms with Gasteiger partial charge in [-0.2, -0.15) is 10.4 Å². The molecule has 2 aliphatic carbocycles. The number of hydrogen-bond acceptors (Lipinski definition) is 4. The number of rotatable bonds is 5. The Labute approximate surface area is 148 Å². The second kappa shape index (κ2) is 6.27. The number of ether oxygens (including phenoxy) is 1. The van der Waals surface area contributed by atoms with Crippen LogP contribution in [0.4, 0.5) is 0 Å². The highest BCUT2D eigenvalue weighted by Crippen LogP contribution is 2.48. The van der Waals surface area contributed by atoms with Gasteiger partial charge in [0.15, 0.2) is 5.82 Å². The van der Waals surface area contributed by atoms with Crippen molar-refractivity contribution in [1.29, 1.82) is 5.26 Å². The highest BCUT2D eigenvalue weighted by molar-refractivity contribution is 5.33. The van der Waals surface area contributed by atoms with E-state index in [-0.39, 0.29) is 0 Å². The number of benzene rings is 1. The quantitative estimate of drug-likeness (QED) is 0.838. The van der Waals surface area contributed by atoms with Gasteiger partial charge in [-0.05, 0) is 50.0 Å². The molecule has 0 bridgehead atoms. The summed E-state index contributed by atoms with van der Waals surface area (Å²) in [5.74, 6) is 1.47. The van der Waals surface area contributed by atoms with Gasteiger partial charge in [0, 0.05) is 7.05 Å². The summed E-state index contributed by atoms with van der Waals surface area (Å²) >= 11 is 0. The summed E-state index contributed by atoms with van der Waals surface area (Å²) in [4.78, 5) is 4.50. The van der Waals surface area contributed by atoms with Crippen molar-refractivity contribution in [2.24, 2.45) is 13.0 Å². The fraction of sp³-hybridized carbons (Fsp3) is 0.550. The van der Waals surface area contributed by atoms with Crippen LogP contribution >= 0.6 is 0 Å². The Kier molecular flexibility index (Phi) is 4.09. The number of nitriles is 1. The molecule has 5 heteroatoms. The van der Waals surface area contributed by atoms with E-state index < -0.39 is 11.0 Å². The molecule has 2 fully saturated rings. The van der Waals surface area contributed by atoms with Crippen LogP contribution in [0.5, 0.6) is 0 Å². The molecule has 5 nitrogen and oxygen atoms in total. The van der Waals surface area contributed by atoms with Crippen LogP contribution in [0.3, 0.4) is 0 Å². The van der Waals surface area contributed by atoms with E-state index in [2.05, 4.69) is 28.3 Å². The van der Waals surface area contributed by atoms with Gasteiger partial charge in [-0.1, -0.05) is 30.3 Å². The molecule has 2 aliphatic rings. The maximum absolute atomic E-state index is 9.94. The van der Waals surface area contributed by atoms with Gasteiger partial charge >= 0.3 is 0 Å². The van der Waals surface area contributed by atoms with Crippen molar-refractivity contribution in [3.63, 3.8) is 0 Å². The first kappa shape index (κ1) is 16.3. The molecule has 0 spiro atoms.